The summed E-state index contributed by atoms with van der Waals surface area (Å²) in [6, 6.07) is 11.9. The summed E-state index contributed by atoms with van der Waals surface area (Å²) in [5, 5.41) is 2.92. The van der Waals surface area contributed by atoms with Gasteiger partial charge in [-0.15, -0.1) is 0 Å². The van der Waals surface area contributed by atoms with Crippen molar-refractivity contribution in [3.05, 3.63) is 64.4 Å². The molecule has 192 valence electrons. The van der Waals surface area contributed by atoms with E-state index in [1.165, 1.54) is 29.2 Å². The molecular formula is C25H33BrFN3O4S. The molecule has 0 bridgehead atoms. The lowest BCUT2D eigenvalue weighted by molar-refractivity contribution is -0.140. The Morgan fingerprint density at radius 3 is 2.34 bits per heavy atom. The maximum absolute atomic E-state index is 13.3. The lowest BCUT2D eigenvalue weighted by atomic mass is 10.1. The number of sulfonamides is 1. The van der Waals surface area contributed by atoms with Crippen LogP contribution in [0.15, 0.2) is 53.0 Å². The zero-order valence-corrected chi connectivity index (χ0v) is 22.9. The molecule has 2 rings (SSSR count). The van der Waals surface area contributed by atoms with Gasteiger partial charge in [-0.3, -0.25) is 13.9 Å². The van der Waals surface area contributed by atoms with Gasteiger partial charge in [0.25, 0.3) is 0 Å². The van der Waals surface area contributed by atoms with E-state index >= 15 is 0 Å². The van der Waals surface area contributed by atoms with E-state index in [0.29, 0.717) is 5.69 Å². The highest BCUT2D eigenvalue weighted by Gasteiger charge is 2.27. The standard InChI is InChI=1S/C25H33BrFN3O4S/c1-5-18(2)28-25(32)19(3)29(17-20-8-6-9-21(26)16-20)24(31)10-7-15-30(35(4,33)34)23-13-11-22(27)12-14-23/h6,8-9,11-14,16,18-19H,5,7,10,15,17H2,1-4H3,(H,28,32)/t18-,19-/m0/s1. The molecule has 0 heterocycles. The number of benzene rings is 2. The predicted octanol–water partition coefficient (Wildman–Crippen LogP) is 4.47. The molecule has 35 heavy (non-hydrogen) atoms. The quantitative estimate of drug-likeness (QED) is 0.408. The van der Waals surface area contributed by atoms with Crippen molar-refractivity contribution in [1.82, 2.24) is 10.2 Å². The van der Waals surface area contributed by atoms with Crippen LogP contribution in [0.1, 0.15) is 45.6 Å². The van der Waals surface area contributed by atoms with E-state index in [2.05, 4.69) is 21.2 Å². The van der Waals surface area contributed by atoms with Gasteiger partial charge in [-0.05, 0) is 68.7 Å². The van der Waals surface area contributed by atoms with Crippen LogP contribution in [0.5, 0.6) is 0 Å². The number of nitrogens with zero attached hydrogens (tertiary/aromatic N) is 2. The normalized spacial score (nSPS) is 13.1. The van der Waals surface area contributed by atoms with E-state index < -0.39 is 21.9 Å². The number of rotatable bonds is 12. The topological polar surface area (TPSA) is 86.8 Å². The Hall–Kier alpha value is -2.46. The van der Waals surface area contributed by atoms with Crippen molar-refractivity contribution >= 4 is 43.5 Å². The van der Waals surface area contributed by atoms with Gasteiger partial charge in [0.1, 0.15) is 11.9 Å². The largest absolute Gasteiger partial charge is 0.352 e. The number of hydrogen-bond donors (Lipinski definition) is 1. The molecule has 0 spiro atoms. The van der Waals surface area contributed by atoms with Crippen LogP contribution in [-0.4, -0.2) is 50.0 Å². The minimum atomic E-state index is -3.63. The van der Waals surface area contributed by atoms with E-state index in [0.717, 1.165) is 27.0 Å². The van der Waals surface area contributed by atoms with Gasteiger partial charge in [0, 0.05) is 30.0 Å². The van der Waals surface area contributed by atoms with Gasteiger partial charge in [-0.25, -0.2) is 12.8 Å². The second-order valence-corrected chi connectivity index (χ2v) is 11.4. The molecule has 1 N–H and O–H groups in total. The van der Waals surface area contributed by atoms with Crippen LogP contribution >= 0.6 is 15.9 Å². The molecule has 0 saturated heterocycles. The van der Waals surface area contributed by atoms with Crippen LogP contribution in [0.3, 0.4) is 0 Å². The average molecular weight is 571 g/mol. The van der Waals surface area contributed by atoms with Crippen LogP contribution in [0.2, 0.25) is 0 Å². The summed E-state index contributed by atoms with van der Waals surface area (Å²) in [6.07, 6.45) is 2.11. The molecule has 0 unspecified atom stereocenters. The predicted molar refractivity (Wildman–Crippen MR) is 140 cm³/mol. The third-order valence-electron chi connectivity index (χ3n) is 5.68. The van der Waals surface area contributed by atoms with Gasteiger partial charge in [-0.1, -0.05) is 35.0 Å². The van der Waals surface area contributed by atoms with Gasteiger partial charge in [0.15, 0.2) is 0 Å². The van der Waals surface area contributed by atoms with Gasteiger partial charge < -0.3 is 10.2 Å². The summed E-state index contributed by atoms with van der Waals surface area (Å²) in [4.78, 5) is 27.6. The van der Waals surface area contributed by atoms with E-state index in [1.54, 1.807) is 6.92 Å². The highest BCUT2D eigenvalue weighted by atomic mass is 79.9. The Morgan fingerprint density at radius 1 is 1.11 bits per heavy atom. The molecule has 0 aliphatic carbocycles. The molecule has 0 aliphatic heterocycles. The van der Waals surface area contributed by atoms with Crippen molar-refractivity contribution in [3.8, 4) is 0 Å². The first-order valence-corrected chi connectivity index (χ1v) is 14.1. The third-order valence-corrected chi connectivity index (χ3v) is 7.36. The molecule has 0 saturated carbocycles. The smallest absolute Gasteiger partial charge is 0.242 e. The molecule has 7 nitrogen and oxygen atoms in total. The first-order valence-electron chi connectivity index (χ1n) is 11.5. The van der Waals surface area contributed by atoms with Crippen LogP contribution in [0.25, 0.3) is 0 Å². The molecule has 0 fully saturated rings. The van der Waals surface area contributed by atoms with Crippen molar-refractivity contribution in [2.24, 2.45) is 0 Å². The molecule has 2 aromatic rings. The van der Waals surface area contributed by atoms with E-state index in [1.807, 2.05) is 38.1 Å². The van der Waals surface area contributed by atoms with Crippen LogP contribution in [0, 0.1) is 5.82 Å². The fourth-order valence-electron chi connectivity index (χ4n) is 3.49. The van der Waals surface area contributed by atoms with Crippen molar-refractivity contribution < 1.29 is 22.4 Å². The summed E-state index contributed by atoms with van der Waals surface area (Å²) >= 11 is 3.43. The molecule has 2 atom stereocenters. The maximum atomic E-state index is 13.3. The second kappa shape index (κ2) is 13.0. The second-order valence-electron chi connectivity index (χ2n) is 8.56. The molecule has 2 aromatic carbocycles. The average Bonchev–Trinajstić information content (AvgIpc) is 2.79. The number of carbonyl (C=O) groups is 2. The first kappa shape index (κ1) is 28.8. The number of carbonyl (C=O) groups excluding carboxylic acids is 2. The van der Waals surface area contributed by atoms with Gasteiger partial charge in [0.05, 0.1) is 11.9 Å². The Kier molecular flexibility index (Phi) is 10.7. The zero-order valence-electron chi connectivity index (χ0n) is 20.5. The molecular weight excluding hydrogens is 537 g/mol. The monoisotopic (exact) mass is 569 g/mol. The van der Waals surface area contributed by atoms with Crippen LogP contribution < -0.4 is 9.62 Å². The summed E-state index contributed by atoms with van der Waals surface area (Å²) in [7, 11) is -3.63. The number of nitrogens with one attached hydrogen (secondary N) is 1. The fraction of sp³-hybridized carbons (Fsp3) is 0.440. The van der Waals surface area contributed by atoms with E-state index in [4.69, 9.17) is 0 Å². The lowest BCUT2D eigenvalue weighted by Crippen LogP contribution is -2.49. The van der Waals surface area contributed by atoms with E-state index in [-0.39, 0.29) is 43.8 Å². The maximum Gasteiger partial charge on any atom is 0.242 e. The van der Waals surface area contributed by atoms with Gasteiger partial charge >= 0.3 is 0 Å². The summed E-state index contributed by atoms with van der Waals surface area (Å²) in [6.45, 7) is 5.85. The van der Waals surface area contributed by atoms with Crippen LogP contribution in [0.4, 0.5) is 10.1 Å². The highest BCUT2D eigenvalue weighted by Crippen LogP contribution is 2.20. The Balaban J connectivity index is 2.16. The Labute approximate surface area is 215 Å². The number of hydrogen-bond acceptors (Lipinski definition) is 4. The van der Waals surface area contributed by atoms with Crippen molar-refractivity contribution in [2.75, 3.05) is 17.1 Å². The summed E-state index contributed by atoms with van der Waals surface area (Å²) in [5.41, 5.74) is 1.19. The van der Waals surface area contributed by atoms with Crippen molar-refractivity contribution in [2.45, 2.75) is 58.7 Å². The lowest BCUT2D eigenvalue weighted by Gasteiger charge is -2.30. The molecule has 0 aromatic heterocycles. The molecule has 2 amide bonds. The van der Waals surface area contributed by atoms with Crippen LogP contribution in [-0.2, 0) is 26.2 Å². The summed E-state index contributed by atoms with van der Waals surface area (Å²) in [5.74, 6) is -0.971. The fourth-order valence-corrected chi connectivity index (χ4v) is 4.90. The first-order chi connectivity index (χ1) is 16.4. The zero-order chi connectivity index (χ0) is 26.2. The number of halogens is 2. The minimum Gasteiger partial charge on any atom is -0.352 e. The highest BCUT2D eigenvalue weighted by molar-refractivity contribution is 9.10. The number of anilines is 1. The SMILES string of the molecule is CC[C@H](C)NC(=O)[C@H](C)N(Cc1cccc(Br)c1)C(=O)CCCN(c1ccc(F)cc1)S(C)(=O)=O. The van der Waals surface area contributed by atoms with Gasteiger partial charge in [-0.2, -0.15) is 0 Å². The van der Waals surface area contributed by atoms with E-state index in [9.17, 15) is 22.4 Å². The third kappa shape index (κ3) is 8.92. The Morgan fingerprint density at radius 2 is 1.77 bits per heavy atom. The molecule has 0 radical (unpaired) electrons. The van der Waals surface area contributed by atoms with Gasteiger partial charge in [0.2, 0.25) is 21.8 Å². The number of amides is 2. The Bertz CT molecular complexity index is 1110. The van der Waals surface area contributed by atoms with Crippen molar-refractivity contribution in [3.63, 3.8) is 0 Å². The minimum absolute atomic E-state index is 0.0215. The molecule has 10 heteroatoms. The summed E-state index contributed by atoms with van der Waals surface area (Å²) < 4.78 is 39.9. The van der Waals surface area contributed by atoms with Crippen molar-refractivity contribution in [1.29, 1.82) is 0 Å². The molecule has 0 aliphatic rings.